The molecule has 1 aromatic carbocycles. The molecule has 4 nitrogen and oxygen atoms in total. The number of pyridine rings is 1. The lowest BCUT2D eigenvalue weighted by atomic mass is 10.2. The van der Waals surface area contributed by atoms with Crippen molar-refractivity contribution in [2.24, 2.45) is 0 Å². The lowest BCUT2D eigenvalue weighted by molar-refractivity contribution is 0.102. The van der Waals surface area contributed by atoms with Gasteiger partial charge in [0.15, 0.2) is 0 Å². The Hall–Kier alpha value is -1.95. The van der Waals surface area contributed by atoms with Crippen LogP contribution in [0, 0.1) is 5.82 Å². The van der Waals surface area contributed by atoms with Crippen molar-refractivity contribution in [3.8, 4) is 0 Å². The van der Waals surface area contributed by atoms with Crippen LogP contribution in [-0.4, -0.2) is 17.9 Å². The van der Waals surface area contributed by atoms with Gasteiger partial charge in [-0.3, -0.25) is 4.79 Å². The van der Waals surface area contributed by atoms with Gasteiger partial charge in [-0.05, 0) is 40.2 Å². The number of nitrogens with zero attached hydrogens (tertiary/aromatic N) is 1. The number of aromatic nitrogens is 1. The molecule has 1 amide bonds. The molecule has 0 atom stereocenters. The Kier molecular flexibility index (Phi) is 4.11. The van der Waals surface area contributed by atoms with Crippen molar-refractivity contribution < 1.29 is 9.18 Å². The third kappa shape index (κ3) is 3.08. The number of carbonyl (C=O) groups is 1. The van der Waals surface area contributed by atoms with Crippen LogP contribution in [0.4, 0.5) is 15.9 Å². The van der Waals surface area contributed by atoms with E-state index in [1.54, 1.807) is 31.3 Å². The maximum Gasteiger partial charge on any atom is 0.255 e. The Morgan fingerprint density at radius 3 is 2.84 bits per heavy atom. The molecular formula is C13H11BrFN3O. The van der Waals surface area contributed by atoms with Crippen LogP contribution in [0.3, 0.4) is 0 Å². The molecule has 0 spiro atoms. The molecule has 0 aliphatic rings. The molecule has 0 fully saturated rings. The van der Waals surface area contributed by atoms with Gasteiger partial charge in [0.1, 0.15) is 11.6 Å². The van der Waals surface area contributed by atoms with E-state index in [1.807, 2.05) is 0 Å². The van der Waals surface area contributed by atoms with Crippen LogP contribution in [0.5, 0.6) is 0 Å². The van der Waals surface area contributed by atoms with Gasteiger partial charge in [0.05, 0.1) is 5.69 Å². The van der Waals surface area contributed by atoms with Gasteiger partial charge in [0, 0.05) is 23.3 Å². The molecule has 1 aromatic heterocycles. The Balaban J connectivity index is 2.25. The summed E-state index contributed by atoms with van der Waals surface area (Å²) in [4.78, 5) is 16.0. The minimum absolute atomic E-state index is 0.121. The maximum absolute atomic E-state index is 13.6. The van der Waals surface area contributed by atoms with Crippen molar-refractivity contribution in [1.29, 1.82) is 0 Å². The van der Waals surface area contributed by atoms with Crippen molar-refractivity contribution in [2.75, 3.05) is 17.7 Å². The highest BCUT2D eigenvalue weighted by Crippen LogP contribution is 2.25. The zero-order valence-corrected chi connectivity index (χ0v) is 11.7. The summed E-state index contributed by atoms with van der Waals surface area (Å²) in [6.45, 7) is 0. The molecule has 1 heterocycles. The zero-order chi connectivity index (χ0) is 13.8. The van der Waals surface area contributed by atoms with E-state index in [2.05, 4.69) is 31.5 Å². The summed E-state index contributed by atoms with van der Waals surface area (Å²) < 4.78 is 14.1. The first-order valence-electron chi connectivity index (χ1n) is 5.51. The van der Waals surface area contributed by atoms with Gasteiger partial charge < -0.3 is 10.6 Å². The monoisotopic (exact) mass is 323 g/mol. The average molecular weight is 324 g/mol. The predicted octanol–water partition coefficient (Wildman–Crippen LogP) is 3.28. The van der Waals surface area contributed by atoms with E-state index in [-0.39, 0.29) is 5.69 Å². The molecule has 19 heavy (non-hydrogen) atoms. The molecule has 6 heteroatoms. The molecule has 2 rings (SSSR count). The van der Waals surface area contributed by atoms with Gasteiger partial charge in [0.25, 0.3) is 5.91 Å². The highest BCUT2D eigenvalue weighted by molar-refractivity contribution is 9.10. The van der Waals surface area contributed by atoms with E-state index >= 15 is 0 Å². The second-order valence-electron chi connectivity index (χ2n) is 3.73. The number of anilines is 2. The molecular weight excluding hydrogens is 313 g/mol. The lowest BCUT2D eigenvalue weighted by Crippen LogP contribution is -2.14. The first-order chi connectivity index (χ1) is 9.11. The predicted molar refractivity (Wildman–Crippen MR) is 75.8 cm³/mol. The Labute approximate surface area is 118 Å². The topological polar surface area (TPSA) is 54.0 Å². The Bertz CT molecular complexity index is 598. The summed E-state index contributed by atoms with van der Waals surface area (Å²) in [5.74, 6) is -0.324. The van der Waals surface area contributed by atoms with Crippen molar-refractivity contribution in [2.45, 2.75) is 0 Å². The number of halogens is 2. The number of benzene rings is 1. The maximum atomic E-state index is 13.6. The second kappa shape index (κ2) is 5.79. The van der Waals surface area contributed by atoms with Crippen molar-refractivity contribution in [1.82, 2.24) is 4.98 Å². The molecule has 0 unspecified atom stereocenters. The van der Waals surface area contributed by atoms with Gasteiger partial charge in [0.2, 0.25) is 0 Å². The van der Waals surface area contributed by atoms with Crippen LogP contribution in [0.2, 0.25) is 0 Å². The number of hydrogen-bond donors (Lipinski definition) is 2. The molecule has 0 radical (unpaired) electrons. The van der Waals surface area contributed by atoms with Gasteiger partial charge in [-0.25, -0.2) is 9.37 Å². The van der Waals surface area contributed by atoms with E-state index in [1.165, 1.54) is 12.3 Å². The van der Waals surface area contributed by atoms with Crippen molar-refractivity contribution in [3.63, 3.8) is 0 Å². The summed E-state index contributed by atoms with van der Waals surface area (Å²) in [6, 6.07) is 7.64. The van der Waals surface area contributed by atoms with Crippen molar-refractivity contribution in [3.05, 3.63) is 52.4 Å². The van der Waals surface area contributed by atoms with Gasteiger partial charge >= 0.3 is 0 Å². The van der Waals surface area contributed by atoms with Gasteiger partial charge in [-0.1, -0.05) is 6.07 Å². The normalized spacial score (nSPS) is 10.1. The van der Waals surface area contributed by atoms with E-state index in [9.17, 15) is 9.18 Å². The summed E-state index contributed by atoms with van der Waals surface area (Å²) in [5.41, 5.74) is 0.518. The number of nitrogens with one attached hydrogen (secondary N) is 2. The van der Waals surface area contributed by atoms with Crippen LogP contribution in [-0.2, 0) is 0 Å². The third-order valence-electron chi connectivity index (χ3n) is 2.48. The SMILES string of the molecule is CNc1cc(C(=O)Nc2c(F)cccc2Br)ccn1. The van der Waals surface area contributed by atoms with Crippen LogP contribution < -0.4 is 10.6 Å². The summed E-state index contributed by atoms with van der Waals surface area (Å²) >= 11 is 3.20. The number of amides is 1. The Morgan fingerprint density at radius 2 is 2.16 bits per heavy atom. The molecule has 0 saturated heterocycles. The van der Waals surface area contributed by atoms with Crippen LogP contribution in [0.25, 0.3) is 0 Å². The number of rotatable bonds is 3. The van der Waals surface area contributed by atoms with Crippen LogP contribution >= 0.6 is 15.9 Å². The van der Waals surface area contributed by atoms with E-state index < -0.39 is 11.7 Å². The first-order valence-corrected chi connectivity index (χ1v) is 6.30. The van der Waals surface area contributed by atoms with Crippen LogP contribution in [0.1, 0.15) is 10.4 Å². The summed E-state index contributed by atoms with van der Waals surface area (Å²) in [6.07, 6.45) is 1.51. The largest absolute Gasteiger partial charge is 0.373 e. The lowest BCUT2D eigenvalue weighted by Gasteiger charge is -2.09. The quantitative estimate of drug-likeness (QED) is 0.911. The fraction of sp³-hybridized carbons (Fsp3) is 0.0769. The molecule has 0 aliphatic carbocycles. The molecule has 0 aliphatic heterocycles. The van der Waals surface area contributed by atoms with Crippen LogP contribution in [0.15, 0.2) is 41.0 Å². The second-order valence-corrected chi connectivity index (χ2v) is 4.58. The molecule has 0 bridgehead atoms. The highest BCUT2D eigenvalue weighted by Gasteiger charge is 2.12. The van der Waals surface area contributed by atoms with Gasteiger partial charge in [-0.15, -0.1) is 0 Å². The Morgan fingerprint density at radius 1 is 1.37 bits per heavy atom. The zero-order valence-electron chi connectivity index (χ0n) is 10.1. The first kappa shape index (κ1) is 13.5. The summed E-state index contributed by atoms with van der Waals surface area (Å²) in [5, 5.41) is 5.36. The minimum Gasteiger partial charge on any atom is -0.373 e. The number of hydrogen-bond acceptors (Lipinski definition) is 3. The fourth-order valence-corrected chi connectivity index (χ4v) is 1.95. The molecule has 98 valence electrons. The highest BCUT2D eigenvalue weighted by atomic mass is 79.9. The number of carbonyl (C=O) groups excluding carboxylic acids is 1. The van der Waals surface area contributed by atoms with E-state index in [4.69, 9.17) is 0 Å². The molecule has 2 aromatic rings. The molecule has 2 N–H and O–H groups in total. The van der Waals surface area contributed by atoms with Crippen molar-refractivity contribution >= 4 is 33.3 Å². The van der Waals surface area contributed by atoms with E-state index in [0.717, 1.165) is 0 Å². The smallest absolute Gasteiger partial charge is 0.255 e. The average Bonchev–Trinajstić information content (AvgIpc) is 2.43. The van der Waals surface area contributed by atoms with Gasteiger partial charge in [-0.2, -0.15) is 0 Å². The molecule has 0 saturated carbocycles. The summed E-state index contributed by atoms with van der Waals surface area (Å²) in [7, 11) is 1.71. The minimum atomic E-state index is -0.495. The fourth-order valence-electron chi connectivity index (χ4n) is 1.51. The number of para-hydroxylation sites is 1. The standard InChI is InChI=1S/C13H11BrFN3O/c1-16-11-7-8(5-6-17-11)13(19)18-12-9(14)3-2-4-10(12)15/h2-7H,1H3,(H,16,17)(H,18,19). The third-order valence-corrected chi connectivity index (χ3v) is 3.14. The van der Waals surface area contributed by atoms with E-state index in [0.29, 0.717) is 15.9 Å².